The van der Waals surface area contributed by atoms with Gasteiger partial charge < -0.3 is 15.4 Å². The summed E-state index contributed by atoms with van der Waals surface area (Å²) in [6.45, 7) is 7.22. The highest BCUT2D eigenvalue weighted by atomic mass is 16.5. The number of aromatic nitrogens is 2. The van der Waals surface area contributed by atoms with E-state index >= 15 is 0 Å². The third-order valence-electron chi connectivity index (χ3n) is 2.19. The summed E-state index contributed by atoms with van der Waals surface area (Å²) in [6.07, 6.45) is 2.35. The topological polar surface area (TPSA) is 76.1 Å². The van der Waals surface area contributed by atoms with Crippen LogP contribution in [0, 0.1) is 0 Å². The van der Waals surface area contributed by atoms with Gasteiger partial charge in [-0.25, -0.2) is 9.97 Å². The highest BCUT2D eigenvalue weighted by molar-refractivity contribution is 5.92. The Morgan fingerprint density at radius 1 is 1.42 bits per heavy atom. The number of hydrogen-bond acceptors (Lipinski definition) is 5. The van der Waals surface area contributed by atoms with E-state index in [1.165, 1.54) is 0 Å². The van der Waals surface area contributed by atoms with Crippen molar-refractivity contribution in [1.29, 1.82) is 0 Å². The average molecular weight is 266 g/mol. The molecule has 106 valence electrons. The fraction of sp³-hybridized carbons (Fsp3) is 0.615. The van der Waals surface area contributed by atoms with E-state index < -0.39 is 0 Å². The first-order valence-electron chi connectivity index (χ1n) is 6.31. The zero-order valence-electron chi connectivity index (χ0n) is 12.0. The van der Waals surface area contributed by atoms with E-state index in [1.807, 2.05) is 20.8 Å². The van der Waals surface area contributed by atoms with Crippen LogP contribution in [-0.4, -0.2) is 41.7 Å². The molecular formula is C13H22N4O2. The SMILES string of the molecule is COCCCNC(=O)c1ccnc(NC(C)(C)C)n1. The maximum Gasteiger partial charge on any atom is 0.270 e. The highest BCUT2D eigenvalue weighted by Gasteiger charge is 2.13. The largest absolute Gasteiger partial charge is 0.385 e. The molecule has 6 heteroatoms. The molecule has 6 nitrogen and oxygen atoms in total. The minimum atomic E-state index is -0.199. The van der Waals surface area contributed by atoms with Crippen LogP contribution < -0.4 is 10.6 Å². The van der Waals surface area contributed by atoms with Gasteiger partial charge in [-0.2, -0.15) is 0 Å². The molecule has 0 aromatic carbocycles. The Morgan fingerprint density at radius 3 is 2.79 bits per heavy atom. The number of anilines is 1. The first kappa shape index (κ1) is 15.4. The molecule has 0 aliphatic rings. The van der Waals surface area contributed by atoms with Crippen molar-refractivity contribution in [3.63, 3.8) is 0 Å². The monoisotopic (exact) mass is 266 g/mol. The Kier molecular flexibility index (Phi) is 5.69. The smallest absolute Gasteiger partial charge is 0.270 e. The summed E-state index contributed by atoms with van der Waals surface area (Å²) in [6, 6.07) is 1.60. The molecule has 0 spiro atoms. The molecule has 0 fully saturated rings. The molecule has 0 bridgehead atoms. The third-order valence-corrected chi connectivity index (χ3v) is 2.19. The minimum Gasteiger partial charge on any atom is -0.385 e. The number of hydrogen-bond donors (Lipinski definition) is 2. The van der Waals surface area contributed by atoms with Crippen LogP contribution >= 0.6 is 0 Å². The van der Waals surface area contributed by atoms with E-state index in [-0.39, 0.29) is 11.4 Å². The molecule has 2 N–H and O–H groups in total. The van der Waals surface area contributed by atoms with Crippen molar-refractivity contribution in [3.8, 4) is 0 Å². The number of amides is 1. The maximum absolute atomic E-state index is 11.9. The van der Waals surface area contributed by atoms with Crippen molar-refractivity contribution >= 4 is 11.9 Å². The normalized spacial score (nSPS) is 11.2. The van der Waals surface area contributed by atoms with Crippen LogP contribution in [0.1, 0.15) is 37.7 Å². The van der Waals surface area contributed by atoms with E-state index in [4.69, 9.17) is 4.74 Å². The first-order valence-corrected chi connectivity index (χ1v) is 6.31. The van der Waals surface area contributed by atoms with Crippen LogP contribution in [0.4, 0.5) is 5.95 Å². The van der Waals surface area contributed by atoms with E-state index in [0.29, 0.717) is 24.8 Å². The lowest BCUT2D eigenvalue weighted by atomic mass is 10.1. The average Bonchev–Trinajstić information content (AvgIpc) is 2.32. The fourth-order valence-electron chi connectivity index (χ4n) is 1.39. The molecule has 0 saturated carbocycles. The Bertz CT molecular complexity index is 415. The van der Waals surface area contributed by atoms with Gasteiger partial charge in [0, 0.05) is 32.0 Å². The summed E-state index contributed by atoms with van der Waals surface area (Å²) < 4.78 is 4.92. The second-order valence-electron chi connectivity index (χ2n) is 5.24. The number of rotatable bonds is 6. The molecule has 0 aliphatic carbocycles. The molecule has 0 unspecified atom stereocenters. The van der Waals surface area contributed by atoms with Gasteiger partial charge in [-0.15, -0.1) is 0 Å². The van der Waals surface area contributed by atoms with Crippen LogP contribution in [0.5, 0.6) is 0 Å². The summed E-state index contributed by atoms with van der Waals surface area (Å²) in [7, 11) is 1.64. The van der Waals surface area contributed by atoms with Gasteiger partial charge in [0.15, 0.2) is 0 Å². The summed E-state index contributed by atoms with van der Waals surface area (Å²) in [4.78, 5) is 20.1. The Hall–Kier alpha value is -1.69. The van der Waals surface area contributed by atoms with Crippen molar-refractivity contribution in [1.82, 2.24) is 15.3 Å². The quantitative estimate of drug-likeness (QED) is 0.762. The van der Waals surface area contributed by atoms with Crippen molar-refractivity contribution in [2.45, 2.75) is 32.7 Å². The van der Waals surface area contributed by atoms with Gasteiger partial charge in [0.2, 0.25) is 5.95 Å². The van der Waals surface area contributed by atoms with Crippen LogP contribution in [0.25, 0.3) is 0 Å². The predicted molar refractivity (Wildman–Crippen MR) is 74.2 cm³/mol. The Morgan fingerprint density at radius 2 is 2.16 bits per heavy atom. The van der Waals surface area contributed by atoms with Gasteiger partial charge in [-0.05, 0) is 33.3 Å². The maximum atomic E-state index is 11.9. The van der Waals surface area contributed by atoms with Crippen LogP contribution in [-0.2, 0) is 4.74 Å². The Balaban J connectivity index is 2.58. The van der Waals surface area contributed by atoms with E-state index in [1.54, 1.807) is 19.4 Å². The lowest BCUT2D eigenvalue weighted by Crippen LogP contribution is -2.29. The zero-order valence-corrected chi connectivity index (χ0v) is 12.0. The molecule has 1 aromatic rings. The molecule has 0 radical (unpaired) electrons. The van der Waals surface area contributed by atoms with E-state index in [2.05, 4.69) is 20.6 Å². The van der Waals surface area contributed by atoms with Gasteiger partial charge in [0.1, 0.15) is 5.69 Å². The molecule has 1 rings (SSSR count). The predicted octanol–water partition coefficient (Wildman–Crippen LogP) is 1.45. The van der Waals surface area contributed by atoms with Gasteiger partial charge in [-0.3, -0.25) is 4.79 Å². The number of methoxy groups -OCH3 is 1. The molecule has 0 atom stereocenters. The number of carbonyl (C=O) groups is 1. The summed E-state index contributed by atoms with van der Waals surface area (Å²) in [5.74, 6) is 0.257. The van der Waals surface area contributed by atoms with Crippen molar-refractivity contribution in [3.05, 3.63) is 18.0 Å². The molecule has 19 heavy (non-hydrogen) atoms. The van der Waals surface area contributed by atoms with Crippen LogP contribution in [0.15, 0.2) is 12.3 Å². The van der Waals surface area contributed by atoms with Gasteiger partial charge in [-0.1, -0.05) is 0 Å². The molecule has 1 heterocycles. The standard InChI is InChI=1S/C13H22N4O2/c1-13(2,3)17-12-15-8-6-10(16-12)11(18)14-7-5-9-19-4/h6,8H,5,7,9H2,1-4H3,(H,14,18)(H,15,16,17). The van der Waals surface area contributed by atoms with Crippen molar-refractivity contribution in [2.75, 3.05) is 25.6 Å². The second-order valence-corrected chi connectivity index (χ2v) is 5.24. The minimum absolute atomic E-state index is 0.145. The number of nitrogens with zero attached hydrogens (tertiary/aromatic N) is 2. The zero-order chi connectivity index (χ0) is 14.3. The van der Waals surface area contributed by atoms with Gasteiger partial charge in [0.25, 0.3) is 5.91 Å². The fourth-order valence-corrected chi connectivity index (χ4v) is 1.39. The van der Waals surface area contributed by atoms with Crippen molar-refractivity contribution < 1.29 is 9.53 Å². The van der Waals surface area contributed by atoms with Gasteiger partial charge in [0.05, 0.1) is 0 Å². The van der Waals surface area contributed by atoms with E-state index in [0.717, 1.165) is 6.42 Å². The van der Waals surface area contributed by atoms with E-state index in [9.17, 15) is 4.79 Å². The second kappa shape index (κ2) is 7.04. The van der Waals surface area contributed by atoms with Gasteiger partial charge >= 0.3 is 0 Å². The highest BCUT2D eigenvalue weighted by Crippen LogP contribution is 2.09. The Labute approximate surface area is 114 Å². The molecule has 1 aromatic heterocycles. The first-order chi connectivity index (χ1) is 8.92. The van der Waals surface area contributed by atoms with Crippen LogP contribution in [0.2, 0.25) is 0 Å². The number of nitrogens with one attached hydrogen (secondary N) is 2. The molecule has 0 aliphatic heterocycles. The lowest BCUT2D eigenvalue weighted by molar-refractivity contribution is 0.0943. The summed E-state index contributed by atoms with van der Waals surface area (Å²) in [5.41, 5.74) is 0.215. The molecular weight excluding hydrogens is 244 g/mol. The number of carbonyl (C=O) groups excluding carboxylic acids is 1. The van der Waals surface area contributed by atoms with Crippen LogP contribution in [0.3, 0.4) is 0 Å². The summed E-state index contributed by atoms with van der Waals surface area (Å²) in [5, 5.41) is 5.92. The molecule has 0 saturated heterocycles. The summed E-state index contributed by atoms with van der Waals surface area (Å²) >= 11 is 0. The molecule has 1 amide bonds. The lowest BCUT2D eigenvalue weighted by Gasteiger charge is -2.20. The van der Waals surface area contributed by atoms with Crippen molar-refractivity contribution in [2.24, 2.45) is 0 Å². The number of ether oxygens (including phenoxy) is 1. The third kappa shape index (κ3) is 6.15.